The highest BCUT2D eigenvalue weighted by Gasteiger charge is 2.25. The Morgan fingerprint density at radius 2 is 2.04 bits per heavy atom. The Kier molecular flexibility index (Phi) is 4.45. The van der Waals surface area contributed by atoms with Crippen LogP contribution in [0.25, 0.3) is 11.4 Å². The first-order valence-corrected chi connectivity index (χ1v) is 9.56. The third-order valence-electron chi connectivity index (χ3n) is 4.19. The Bertz CT molecular complexity index is 765. The van der Waals surface area contributed by atoms with Crippen molar-refractivity contribution in [3.05, 3.63) is 29.8 Å². The number of aryl methyl sites for hydroxylation is 1. The summed E-state index contributed by atoms with van der Waals surface area (Å²) >= 11 is 0. The van der Waals surface area contributed by atoms with Crippen LogP contribution < -0.4 is 0 Å². The van der Waals surface area contributed by atoms with Crippen LogP contribution in [-0.4, -0.2) is 52.2 Å². The van der Waals surface area contributed by atoms with E-state index in [0.29, 0.717) is 19.0 Å². The number of nitrogens with zero attached hydrogens (tertiary/aromatic N) is 4. The maximum Gasteiger partial charge on any atom is 0.211 e. The van der Waals surface area contributed by atoms with Crippen LogP contribution in [0.2, 0.25) is 0 Å². The third kappa shape index (κ3) is 3.94. The molecule has 0 radical (unpaired) electrons. The van der Waals surface area contributed by atoms with Crippen molar-refractivity contribution in [2.75, 3.05) is 19.3 Å². The predicted octanol–water partition coefficient (Wildman–Crippen LogP) is 1.39. The number of nitrogens with one attached hydrogen (secondary N) is 1. The van der Waals surface area contributed by atoms with Gasteiger partial charge in [0, 0.05) is 31.4 Å². The summed E-state index contributed by atoms with van der Waals surface area (Å²) in [6.07, 6.45) is 5.45. The summed E-state index contributed by atoms with van der Waals surface area (Å²) in [5, 5.41) is 6.88. The van der Waals surface area contributed by atoms with Gasteiger partial charge >= 0.3 is 0 Å². The first-order chi connectivity index (χ1) is 10.9. The predicted molar refractivity (Wildman–Crippen MR) is 87.2 cm³/mol. The average molecular weight is 335 g/mol. The molecule has 2 aromatic rings. The van der Waals surface area contributed by atoms with Crippen molar-refractivity contribution in [3.8, 4) is 11.4 Å². The normalized spacial score (nSPS) is 17.5. The minimum absolute atomic E-state index is 0.421. The van der Waals surface area contributed by atoms with Gasteiger partial charge in [-0.05, 0) is 37.8 Å². The van der Waals surface area contributed by atoms with E-state index in [1.807, 2.05) is 19.1 Å². The molecule has 0 aromatic carbocycles. The van der Waals surface area contributed by atoms with Crippen molar-refractivity contribution >= 4 is 10.0 Å². The standard InChI is InChI=1S/C15H21N5O2S/c1-11-9-14(13-3-6-16-19-13)18-15(17-11)10-12-4-7-20(8-5-12)23(2,21)22/h3,6,9,12H,4-5,7-8,10H2,1-2H3,(H,16,19). The van der Waals surface area contributed by atoms with E-state index in [4.69, 9.17) is 0 Å². The van der Waals surface area contributed by atoms with Crippen LogP contribution in [0.3, 0.4) is 0 Å². The van der Waals surface area contributed by atoms with E-state index in [0.717, 1.165) is 42.2 Å². The lowest BCUT2D eigenvalue weighted by Crippen LogP contribution is -2.38. The molecule has 0 spiro atoms. The van der Waals surface area contributed by atoms with Crippen molar-refractivity contribution < 1.29 is 8.42 Å². The Morgan fingerprint density at radius 1 is 1.30 bits per heavy atom. The SMILES string of the molecule is Cc1cc(-c2ccn[nH]2)nc(CC2CCN(S(C)(=O)=O)CC2)n1. The molecule has 1 N–H and O–H groups in total. The average Bonchev–Trinajstić information content (AvgIpc) is 3.00. The summed E-state index contributed by atoms with van der Waals surface area (Å²) in [6.45, 7) is 3.13. The van der Waals surface area contributed by atoms with Crippen molar-refractivity contribution in [2.45, 2.75) is 26.2 Å². The van der Waals surface area contributed by atoms with Crippen LogP contribution in [0, 0.1) is 12.8 Å². The Labute approximate surface area is 136 Å². The molecule has 1 aliphatic rings. The van der Waals surface area contributed by atoms with Crippen LogP contribution in [0.1, 0.15) is 24.4 Å². The second-order valence-corrected chi connectivity index (χ2v) is 8.07. The van der Waals surface area contributed by atoms with E-state index >= 15 is 0 Å². The van der Waals surface area contributed by atoms with Crippen LogP contribution in [0.5, 0.6) is 0 Å². The number of sulfonamides is 1. The Hall–Kier alpha value is -1.80. The molecule has 8 heteroatoms. The van der Waals surface area contributed by atoms with Crippen LogP contribution in [0.15, 0.2) is 18.3 Å². The van der Waals surface area contributed by atoms with Crippen LogP contribution in [-0.2, 0) is 16.4 Å². The molecule has 0 atom stereocenters. The molecule has 1 saturated heterocycles. The number of H-pyrrole nitrogens is 1. The molecule has 3 heterocycles. The van der Waals surface area contributed by atoms with Gasteiger partial charge in [0.1, 0.15) is 5.82 Å². The molecule has 0 bridgehead atoms. The highest BCUT2D eigenvalue weighted by molar-refractivity contribution is 7.88. The van der Waals surface area contributed by atoms with Gasteiger partial charge in [0.2, 0.25) is 10.0 Å². The molecule has 1 aliphatic heterocycles. The Morgan fingerprint density at radius 3 is 2.65 bits per heavy atom. The molecular formula is C15H21N5O2S. The van der Waals surface area contributed by atoms with Gasteiger partial charge < -0.3 is 0 Å². The minimum atomic E-state index is -3.07. The zero-order chi connectivity index (χ0) is 16.4. The number of hydrogen-bond donors (Lipinski definition) is 1. The number of aromatic nitrogens is 4. The Balaban J connectivity index is 1.70. The van der Waals surface area contributed by atoms with Gasteiger partial charge in [-0.25, -0.2) is 22.7 Å². The van der Waals surface area contributed by atoms with Gasteiger partial charge in [0.05, 0.1) is 17.6 Å². The molecule has 0 saturated carbocycles. The zero-order valence-corrected chi connectivity index (χ0v) is 14.2. The van der Waals surface area contributed by atoms with Crippen LogP contribution >= 0.6 is 0 Å². The quantitative estimate of drug-likeness (QED) is 0.911. The summed E-state index contributed by atoms with van der Waals surface area (Å²) in [7, 11) is -3.07. The minimum Gasteiger partial charge on any atom is -0.276 e. The lowest BCUT2D eigenvalue weighted by molar-refractivity contribution is 0.271. The molecular weight excluding hydrogens is 314 g/mol. The van der Waals surface area contributed by atoms with Crippen molar-refractivity contribution in [1.29, 1.82) is 0 Å². The summed E-state index contributed by atoms with van der Waals surface area (Å²) in [5.74, 6) is 1.23. The number of piperidine rings is 1. The second kappa shape index (κ2) is 6.37. The van der Waals surface area contributed by atoms with Gasteiger partial charge in [-0.15, -0.1) is 0 Å². The summed E-state index contributed by atoms with van der Waals surface area (Å²) in [5.41, 5.74) is 2.65. The highest BCUT2D eigenvalue weighted by atomic mass is 32.2. The fourth-order valence-electron chi connectivity index (χ4n) is 2.96. The van der Waals surface area contributed by atoms with Gasteiger partial charge in [-0.1, -0.05) is 0 Å². The summed E-state index contributed by atoms with van der Waals surface area (Å²) in [4.78, 5) is 9.15. The molecule has 23 heavy (non-hydrogen) atoms. The smallest absolute Gasteiger partial charge is 0.211 e. The van der Waals surface area contributed by atoms with E-state index in [1.54, 1.807) is 10.5 Å². The maximum absolute atomic E-state index is 11.6. The lowest BCUT2D eigenvalue weighted by atomic mass is 9.94. The first kappa shape index (κ1) is 16.1. The molecule has 124 valence electrons. The lowest BCUT2D eigenvalue weighted by Gasteiger charge is -2.29. The van der Waals surface area contributed by atoms with Gasteiger partial charge in [-0.3, -0.25) is 5.10 Å². The fourth-order valence-corrected chi connectivity index (χ4v) is 3.84. The van der Waals surface area contributed by atoms with Gasteiger partial charge in [0.15, 0.2) is 0 Å². The van der Waals surface area contributed by atoms with E-state index in [9.17, 15) is 8.42 Å². The largest absolute Gasteiger partial charge is 0.276 e. The highest BCUT2D eigenvalue weighted by Crippen LogP contribution is 2.23. The van der Waals surface area contributed by atoms with Crippen molar-refractivity contribution in [2.24, 2.45) is 5.92 Å². The second-order valence-electron chi connectivity index (χ2n) is 6.09. The molecule has 0 aliphatic carbocycles. The topological polar surface area (TPSA) is 91.8 Å². The molecule has 3 rings (SSSR count). The molecule has 1 fully saturated rings. The van der Waals surface area contributed by atoms with Gasteiger partial charge in [-0.2, -0.15) is 5.10 Å². The van der Waals surface area contributed by atoms with Crippen LogP contribution in [0.4, 0.5) is 0 Å². The molecule has 2 aromatic heterocycles. The monoisotopic (exact) mass is 335 g/mol. The van der Waals surface area contributed by atoms with E-state index in [2.05, 4.69) is 20.2 Å². The van der Waals surface area contributed by atoms with Crippen molar-refractivity contribution in [3.63, 3.8) is 0 Å². The number of hydrogen-bond acceptors (Lipinski definition) is 5. The van der Waals surface area contributed by atoms with E-state index < -0.39 is 10.0 Å². The van der Waals surface area contributed by atoms with Gasteiger partial charge in [0.25, 0.3) is 0 Å². The maximum atomic E-state index is 11.6. The summed E-state index contributed by atoms with van der Waals surface area (Å²) in [6, 6.07) is 3.82. The van der Waals surface area contributed by atoms with E-state index in [-0.39, 0.29) is 0 Å². The molecule has 0 amide bonds. The third-order valence-corrected chi connectivity index (χ3v) is 5.49. The molecule has 0 unspecified atom stereocenters. The summed E-state index contributed by atoms with van der Waals surface area (Å²) < 4.78 is 24.7. The number of rotatable bonds is 4. The van der Waals surface area contributed by atoms with E-state index in [1.165, 1.54) is 6.26 Å². The number of aromatic amines is 1. The van der Waals surface area contributed by atoms with Crippen molar-refractivity contribution in [1.82, 2.24) is 24.5 Å². The first-order valence-electron chi connectivity index (χ1n) is 7.71. The zero-order valence-electron chi connectivity index (χ0n) is 13.4. The molecule has 7 nitrogen and oxygen atoms in total. The fraction of sp³-hybridized carbons (Fsp3) is 0.533.